The molecule has 106 valence electrons. The molecular weight excluding hydrogens is 251 g/mol. The summed E-state index contributed by atoms with van der Waals surface area (Å²) in [5, 5.41) is 14.0. The van der Waals surface area contributed by atoms with Crippen molar-refractivity contribution < 1.29 is 19.0 Å². The topological polar surface area (TPSA) is 70.6 Å². The molecule has 0 radical (unpaired) electrons. The Kier molecular flexibility index (Phi) is 6.24. The standard InChI is InChI=1S/C13H19FN2O3/c1-9(8-17)16-13(18)15-7-12(19-2)10-3-5-11(14)6-4-10/h3-6,9,12,17H,7-8H2,1-2H3,(H2,15,16,18)/t9-,12?/m0/s1. The van der Waals surface area contributed by atoms with Crippen LogP contribution in [0.1, 0.15) is 18.6 Å². The van der Waals surface area contributed by atoms with Crippen molar-refractivity contribution in [2.24, 2.45) is 0 Å². The molecule has 0 aliphatic carbocycles. The number of ether oxygens (including phenoxy) is 1. The quantitative estimate of drug-likeness (QED) is 0.727. The molecule has 0 heterocycles. The van der Waals surface area contributed by atoms with Crippen LogP contribution in [0.4, 0.5) is 9.18 Å². The summed E-state index contributed by atoms with van der Waals surface area (Å²) >= 11 is 0. The van der Waals surface area contributed by atoms with Crippen LogP contribution in [0.15, 0.2) is 24.3 Å². The summed E-state index contributed by atoms with van der Waals surface area (Å²) in [5.74, 6) is -0.318. The van der Waals surface area contributed by atoms with E-state index in [9.17, 15) is 9.18 Å². The zero-order valence-electron chi connectivity index (χ0n) is 11.0. The Hall–Kier alpha value is -1.66. The van der Waals surface area contributed by atoms with Crippen molar-refractivity contribution in [1.29, 1.82) is 0 Å². The van der Waals surface area contributed by atoms with Gasteiger partial charge < -0.3 is 20.5 Å². The first-order valence-electron chi connectivity index (χ1n) is 6.00. The number of benzene rings is 1. The van der Waals surface area contributed by atoms with E-state index in [2.05, 4.69) is 10.6 Å². The Labute approximate surface area is 111 Å². The maximum Gasteiger partial charge on any atom is 0.315 e. The molecule has 3 N–H and O–H groups in total. The molecule has 0 spiro atoms. The predicted molar refractivity (Wildman–Crippen MR) is 69.2 cm³/mol. The molecular formula is C13H19FN2O3. The van der Waals surface area contributed by atoms with E-state index in [-0.39, 0.29) is 37.1 Å². The number of aliphatic hydroxyl groups excluding tert-OH is 1. The fraction of sp³-hybridized carbons (Fsp3) is 0.462. The third kappa shape index (κ3) is 5.23. The van der Waals surface area contributed by atoms with Crippen LogP contribution in [0.25, 0.3) is 0 Å². The average molecular weight is 270 g/mol. The SMILES string of the molecule is COC(CNC(=O)N[C@@H](C)CO)c1ccc(F)cc1. The Morgan fingerprint density at radius 2 is 2.05 bits per heavy atom. The van der Waals surface area contributed by atoms with Gasteiger partial charge in [-0.25, -0.2) is 9.18 Å². The molecule has 0 fully saturated rings. The molecule has 1 unspecified atom stereocenters. The molecule has 0 aliphatic heterocycles. The number of amides is 2. The van der Waals surface area contributed by atoms with Crippen LogP contribution < -0.4 is 10.6 Å². The summed E-state index contributed by atoms with van der Waals surface area (Å²) in [6, 6.07) is 5.21. The van der Waals surface area contributed by atoms with E-state index in [0.717, 1.165) is 5.56 Å². The maximum atomic E-state index is 12.8. The van der Waals surface area contributed by atoms with Gasteiger partial charge in [0.05, 0.1) is 18.8 Å². The lowest BCUT2D eigenvalue weighted by molar-refractivity contribution is 0.103. The van der Waals surface area contributed by atoms with Crippen molar-refractivity contribution in [3.05, 3.63) is 35.6 Å². The molecule has 2 amide bonds. The Bertz CT molecular complexity index is 397. The fourth-order valence-corrected chi connectivity index (χ4v) is 1.52. The van der Waals surface area contributed by atoms with Gasteiger partial charge in [-0.1, -0.05) is 12.1 Å². The second-order valence-corrected chi connectivity index (χ2v) is 4.21. The van der Waals surface area contributed by atoms with Gasteiger partial charge in [0.15, 0.2) is 0 Å². The second kappa shape index (κ2) is 7.70. The third-order valence-electron chi connectivity index (χ3n) is 2.63. The summed E-state index contributed by atoms with van der Waals surface area (Å²) in [6.45, 7) is 1.82. The Morgan fingerprint density at radius 1 is 1.42 bits per heavy atom. The molecule has 2 atom stereocenters. The molecule has 5 nitrogen and oxygen atoms in total. The maximum absolute atomic E-state index is 12.8. The van der Waals surface area contributed by atoms with E-state index < -0.39 is 0 Å². The first-order chi connectivity index (χ1) is 9.06. The molecule has 0 aromatic heterocycles. The van der Waals surface area contributed by atoms with Gasteiger partial charge in [-0.05, 0) is 24.6 Å². The van der Waals surface area contributed by atoms with E-state index in [1.54, 1.807) is 19.1 Å². The number of hydrogen-bond acceptors (Lipinski definition) is 3. The first kappa shape index (κ1) is 15.4. The molecule has 1 aromatic rings. The van der Waals surface area contributed by atoms with Crippen molar-refractivity contribution in [3.63, 3.8) is 0 Å². The van der Waals surface area contributed by atoms with Gasteiger partial charge in [-0.15, -0.1) is 0 Å². The first-order valence-corrected chi connectivity index (χ1v) is 6.00. The molecule has 6 heteroatoms. The lowest BCUT2D eigenvalue weighted by atomic mass is 10.1. The van der Waals surface area contributed by atoms with Crippen LogP contribution >= 0.6 is 0 Å². The van der Waals surface area contributed by atoms with Gasteiger partial charge >= 0.3 is 6.03 Å². The number of hydrogen-bond donors (Lipinski definition) is 3. The van der Waals surface area contributed by atoms with E-state index in [4.69, 9.17) is 9.84 Å². The minimum absolute atomic E-state index is 0.126. The highest BCUT2D eigenvalue weighted by Gasteiger charge is 2.13. The van der Waals surface area contributed by atoms with E-state index in [1.165, 1.54) is 19.2 Å². The van der Waals surface area contributed by atoms with Crippen LogP contribution in [0.2, 0.25) is 0 Å². The Morgan fingerprint density at radius 3 is 2.58 bits per heavy atom. The number of urea groups is 1. The summed E-state index contributed by atoms with van der Waals surface area (Å²) in [4.78, 5) is 11.5. The zero-order chi connectivity index (χ0) is 14.3. The number of rotatable bonds is 6. The number of nitrogens with one attached hydrogen (secondary N) is 2. The zero-order valence-corrected chi connectivity index (χ0v) is 11.0. The van der Waals surface area contributed by atoms with E-state index in [0.29, 0.717) is 0 Å². The molecule has 1 aromatic carbocycles. The van der Waals surface area contributed by atoms with Gasteiger partial charge in [-0.3, -0.25) is 0 Å². The van der Waals surface area contributed by atoms with Crippen molar-refractivity contribution >= 4 is 6.03 Å². The van der Waals surface area contributed by atoms with Crippen LogP contribution in [-0.4, -0.2) is 37.4 Å². The number of carbonyl (C=O) groups is 1. The molecule has 0 saturated heterocycles. The lowest BCUT2D eigenvalue weighted by Crippen LogP contribution is -2.43. The molecule has 19 heavy (non-hydrogen) atoms. The largest absolute Gasteiger partial charge is 0.394 e. The second-order valence-electron chi connectivity index (χ2n) is 4.21. The van der Waals surface area contributed by atoms with Crippen molar-refractivity contribution in [1.82, 2.24) is 10.6 Å². The molecule has 1 rings (SSSR count). The lowest BCUT2D eigenvalue weighted by Gasteiger charge is -2.18. The number of aliphatic hydroxyl groups is 1. The third-order valence-corrected chi connectivity index (χ3v) is 2.63. The van der Waals surface area contributed by atoms with Gasteiger partial charge in [0.2, 0.25) is 0 Å². The van der Waals surface area contributed by atoms with Gasteiger partial charge in [-0.2, -0.15) is 0 Å². The minimum atomic E-state index is -0.384. The van der Waals surface area contributed by atoms with Crippen LogP contribution in [0.3, 0.4) is 0 Å². The molecule has 0 bridgehead atoms. The Balaban J connectivity index is 2.49. The van der Waals surface area contributed by atoms with Crippen LogP contribution in [-0.2, 0) is 4.74 Å². The predicted octanol–water partition coefficient (Wildman–Crippen LogP) is 1.19. The highest BCUT2D eigenvalue weighted by molar-refractivity contribution is 5.74. The monoisotopic (exact) mass is 270 g/mol. The molecule has 0 saturated carbocycles. The highest BCUT2D eigenvalue weighted by Crippen LogP contribution is 2.15. The van der Waals surface area contributed by atoms with E-state index >= 15 is 0 Å². The fourth-order valence-electron chi connectivity index (χ4n) is 1.52. The number of halogens is 1. The van der Waals surface area contributed by atoms with Crippen molar-refractivity contribution in [2.75, 3.05) is 20.3 Å². The summed E-state index contributed by atoms with van der Waals surface area (Å²) < 4.78 is 18.0. The van der Waals surface area contributed by atoms with Crippen molar-refractivity contribution in [2.45, 2.75) is 19.1 Å². The van der Waals surface area contributed by atoms with E-state index in [1.807, 2.05) is 0 Å². The average Bonchev–Trinajstić information content (AvgIpc) is 2.41. The van der Waals surface area contributed by atoms with Gasteiger partial charge in [0.25, 0.3) is 0 Å². The highest BCUT2D eigenvalue weighted by atomic mass is 19.1. The normalized spacial score (nSPS) is 13.7. The summed E-state index contributed by atoms with van der Waals surface area (Å²) in [5.41, 5.74) is 0.777. The van der Waals surface area contributed by atoms with Crippen LogP contribution in [0, 0.1) is 5.82 Å². The molecule has 0 aliphatic rings. The minimum Gasteiger partial charge on any atom is -0.394 e. The number of methoxy groups -OCH3 is 1. The van der Waals surface area contributed by atoms with Gasteiger partial charge in [0, 0.05) is 13.7 Å². The van der Waals surface area contributed by atoms with Crippen molar-refractivity contribution in [3.8, 4) is 0 Å². The smallest absolute Gasteiger partial charge is 0.315 e. The van der Waals surface area contributed by atoms with Crippen LogP contribution in [0.5, 0.6) is 0 Å². The van der Waals surface area contributed by atoms with Gasteiger partial charge in [0.1, 0.15) is 5.82 Å². The summed E-state index contributed by atoms with van der Waals surface area (Å²) in [7, 11) is 1.52. The number of carbonyl (C=O) groups excluding carboxylic acids is 1. The summed E-state index contributed by atoms with van der Waals surface area (Å²) in [6.07, 6.45) is -0.351.